The number of anilines is 1. The lowest BCUT2D eigenvalue weighted by Crippen LogP contribution is -2.18. The predicted molar refractivity (Wildman–Crippen MR) is 110 cm³/mol. The Morgan fingerprint density at radius 3 is 2.62 bits per heavy atom. The van der Waals surface area contributed by atoms with Gasteiger partial charge in [-0.3, -0.25) is 4.79 Å². The third-order valence-electron chi connectivity index (χ3n) is 3.45. The fourth-order valence-corrected chi connectivity index (χ4v) is 5.72. The van der Waals surface area contributed by atoms with Crippen molar-refractivity contribution in [2.45, 2.75) is 12.2 Å². The maximum atomic E-state index is 12.2. The molecule has 5 nitrogen and oxygen atoms in total. The van der Waals surface area contributed by atoms with Crippen LogP contribution < -0.4 is 5.32 Å². The fourth-order valence-electron chi connectivity index (χ4n) is 2.23. The SMILES string of the molecule is O=C(CCS(=O)(=O)Cc1ccccc1)Nc1nc(-c2ccc(Br)s2)cs1. The number of thiazole rings is 1. The van der Waals surface area contributed by atoms with Crippen molar-refractivity contribution in [1.82, 2.24) is 4.98 Å². The van der Waals surface area contributed by atoms with Crippen LogP contribution in [0.1, 0.15) is 12.0 Å². The van der Waals surface area contributed by atoms with E-state index in [1.54, 1.807) is 35.6 Å². The lowest BCUT2D eigenvalue weighted by Gasteiger charge is -2.05. The van der Waals surface area contributed by atoms with Crippen LogP contribution in [0.25, 0.3) is 10.6 Å². The molecule has 0 atom stereocenters. The number of sulfone groups is 1. The minimum atomic E-state index is -3.34. The van der Waals surface area contributed by atoms with E-state index in [2.05, 4.69) is 26.2 Å². The first kappa shape index (κ1) is 19.2. The summed E-state index contributed by atoms with van der Waals surface area (Å²) in [5, 5.41) is 5.00. The van der Waals surface area contributed by atoms with Gasteiger partial charge in [0.25, 0.3) is 0 Å². The van der Waals surface area contributed by atoms with Gasteiger partial charge < -0.3 is 5.32 Å². The van der Waals surface area contributed by atoms with Gasteiger partial charge in [-0.1, -0.05) is 30.3 Å². The summed E-state index contributed by atoms with van der Waals surface area (Å²) in [5.74, 6) is -0.602. The van der Waals surface area contributed by atoms with Crippen LogP contribution in [0.5, 0.6) is 0 Å². The molecule has 0 saturated heterocycles. The van der Waals surface area contributed by atoms with Crippen LogP contribution in [0.2, 0.25) is 0 Å². The van der Waals surface area contributed by atoms with Gasteiger partial charge in [-0.2, -0.15) is 0 Å². The zero-order valence-electron chi connectivity index (χ0n) is 13.5. The van der Waals surface area contributed by atoms with E-state index in [1.807, 2.05) is 23.6 Å². The smallest absolute Gasteiger partial charge is 0.227 e. The van der Waals surface area contributed by atoms with Crippen molar-refractivity contribution in [3.8, 4) is 10.6 Å². The molecule has 9 heteroatoms. The summed E-state index contributed by atoms with van der Waals surface area (Å²) in [6, 6.07) is 12.8. The predicted octanol–water partition coefficient (Wildman–Crippen LogP) is 4.58. The molecule has 3 aromatic rings. The summed E-state index contributed by atoms with van der Waals surface area (Å²) in [5.41, 5.74) is 1.51. The second kappa shape index (κ2) is 8.43. The third-order valence-corrected chi connectivity index (χ3v) is 7.45. The molecule has 26 heavy (non-hydrogen) atoms. The standard InChI is InChI=1S/C17H15BrN2O3S3/c18-15-7-6-14(25-15)13-10-24-17(19-13)20-16(21)8-9-26(22,23)11-12-4-2-1-3-5-12/h1-7,10H,8-9,11H2,(H,19,20,21). The number of carbonyl (C=O) groups is 1. The average Bonchev–Trinajstić information content (AvgIpc) is 3.23. The van der Waals surface area contributed by atoms with Crippen LogP contribution >= 0.6 is 38.6 Å². The second-order valence-corrected chi connectivity index (χ2v) is 11.0. The molecule has 0 aliphatic carbocycles. The van der Waals surface area contributed by atoms with Crippen LogP contribution in [0.3, 0.4) is 0 Å². The van der Waals surface area contributed by atoms with Gasteiger partial charge in [0.15, 0.2) is 15.0 Å². The molecule has 0 spiro atoms. The highest BCUT2D eigenvalue weighted by atomic mass is 79.9. The highest BCUT2D eigenvalue weighted by molar-refractivity contribution is 9.11. The minimum Gasteiger partial charge on any atom is -0.302 e. The van der Waals surface area contributed by atoms with Gasteiger partial charge in [0.1, 0.15) is 0 Å². The number of amides is 1. The van der Waals surface area contributed by atoms with Gasteiger partial charge in [-0.05, 0) is 33.6 Å². The first-order chi connectivity index (χ1) is 12.4. The molecule has 2 heterocycles. The van der Waals surface area contributed by atoms with Gasteiger partial charge in [0.2, 0.25) is 5.91 Å². The number of halogens is 1. The lowest BCUT2D eigenvalue weighted by molar-refractivity contribution is -0.115. The van der Waals surface area contributed by atoms with E-state index < -0.39 is 9.84 Å². The van der Waals surface area contributed by atoms with Gasteiger partial charge in [-0.25, -0.2) is 13.4 Å². The molecule has 136 valence electrons. The quantitative estimate of drug-likeness (QED) is 0.548. The summed E-state index contributed by atoms with van der Waals surface area (Å²) in [7, 11) is -3.34. The molecule has 0 bridgehead atoms. The molecular formula is C17H15BrN2O3S3. The van der Waals surface area contributed by atoms with Crippen LogP contribution in [0, 0.1) is 0 Å². The molecule has 0 radical (unpaired) electrons. The maximum absolute atomic E-state index is 12.2. The Bertz CT molecular complexity index is 997. The first-order valence-electron chi connectivity index (χ1n) is 7.67. The molecule has 0 fully saturated rings. The Balaban J connectivity index is 1.53. The Kier molecular flexibility index (Phi) is 6.23. The minimum absolute atomic E-state index is 0.0597. The number of rotatable bonds is 7. The zero-order valence-corrected chi connectivity index (χ0v) is 17.6. The van der Waals surface area contributed by atoms with Crippen molar-refractivity contribution in [1.29, 1.82) is 0 Å². The number of benzene rings is 1. The van der Waals surface area contributed by atoms with Crippen molar-refractivity contribution >= 4 is 59.5 Å². The van der Waals surface area contributed by atoms with Crippen molar-refractivity contribution in [3.05, 3.63) is 57.2 Å². The van der Waals surface area contributed by atoms with Crippen LogP contribution in [0.15, 0.2) is 51.6 Å². The second-order valence-electron chi connectivity index (χ2n) is 5.52. The van der Waals surface area contributed by atoms with E-state index >= 15 is 0 Å². The molecule has 0 aliphatic heterocycles. The van der Waals surface area contributed by atoms with Gasteiger partial charge in [0.05, 0.1) is 25.9 Å². The van der Waals surface area contributed by atoms with Crippen LogP contribution in [-0.2, 0) is 20.4 Å². The molecule has 1 N–H and O–H groups in total. The van der Waals surface area contributed by atoms with E-state index in [0.717, 1.165) is 19.9 Å². The number of hydrogen-bond acceptors (Lipinski definition) is 6. The molecule has 0 aliphatic rings. The molecular weight excluding hydrogens is 456 g/mol. The summed E-state index contributed by atoms with van der Waals surface area (Å²) in [6.07, 6.45) is -0.0887. The van der Waals surface area contributed by atoms with Gasteiger partial charge in [-0.15, -0.1) is 22.7 Å². The molecule has 0 unspecified atom stereocenters. The Labute approximate surface area is 168 Å². The van der Waals surface area contributed by atoms with Crippen molar-refractivity contribution in [3.63, 3.8) is 0 Å². The number of aromatic nitrogens is 1. The Morgan fingerprint density at radius 1 is 1.15 bits per heavy atom. The van der Waals surface area contributed by atoms with Gasteiger partial charge >= 0.3 is 0 Å². The normalized spacial score (nSPS) is 11.4. The first-order valence-corrected chi connectivity index (χ1v) is 12.0. The lowest BCUT2D eigenvalue weighted by atomic mass is 10.2. The van der Waals surface area contributed by atoms with Crippen LogP contribution in [0.4, 0.5) is 5.13 Å². The number of carbonyl (C=O) groups excluding carboxylic acids is 1. The largest absolute Gasteiger partial charge is 0.302 e. The van der Waals surface area contributed by atoms with E-state index in [1.165, 1.54) is 11.3 Å². The van der Waals surface area contributed by atoms with E-state index in [4.69, 9.17) is 0 Å². The Morgan fingerprint density at radius 2 is 1.92 bits per heavy atom. The fraction of sp³-hybridized carbons (Fsp3) is 0.176. The molecule has 0 saturated carbocycles. The summed E-state index contributed by atoms with van der Waals surface area (Å²) in [4.78, 5) is 17.4. The number of nitrogens with zero attached hydrogens (tertiary/aromatic N) is 1. The summed E-state index contributed by atoms with van der Waals surface area (Å²) >= 11 is 6.28. The Hall–Kier alpha value is -1.55. The van der Waals surface area contributed by atoms with Crippen molar-refractivity contribution in [2.75, 3.05) is 11.1 Å². The van der Waals surface area contributed by atoms with Crippen molar-refractivity contribution in [2.24, 2.45) is 0 Å². The zero-order chi connectivity index (χ0) is 18.6. The number of hydrogen-bond donors (Lipinski definition) is 1. The van der Waals surface area contributed by atoms with Gasteiger partial charge in [0, 0.05) is 11.8 Å². The summed E-state index contributed by atoms with van der Waals surface area (Å²) < 4.78 is 25.3. The molecule has 1 aromatic carbocycles. The van der Waals surface area contributed by atoms with E-state index in [9.17, 15) is 13.2 Å². The topological polar surface area (TPSA) is 76.1 Å². The van der Waals surface area contributed by atoms with Crippen molar-refractivity contribution < 1.29 is 13.2 Å². The molecule has 3 rings (SSSR count). The highest BCUT2D eigenvalue weighted by Gasteiger charge is 2.16. The summed E-state index contributed by atoms with van der Waals surface area (Å²) in [6.45, 7) is 0. The number of thiophene rings is 1. The molecule has 2 aromatic heterocycles. The maximum Gasteiger partial charge on any atom is 0.227 e. The van der Waals surface area contributed by atoms with Crippen LogP contribution in [-0.4, -0.2) is 25.1 Å². The van der Waals surface area contributed by atoms with E-state index in [0.29, 0.717) is 5.13 Å². The third kappa shape index (κ3) is 5.47. The monoisotopic (exact) mass is 470 g/mol. The van der Waals surface area contributed by atoms with E-state index in [-0.39, 0.29) is 23.8 Å². The highest BCUT2D eigenvalue weighted by Crippen LogP contribution is 2.33. The average molecular weight is 471 g/mol. The molecule has 1 amide bonds. The number of nitrogens with one attached hydrogen (secondary N) is 1.